The van der Waals surface area contributed by atoms with Gasteiger partial charge in [0.2, 0.25) is 6.35 Å². The molecule has 3 heterocycles. The predicted octanol–water partition coefficient (Wildman–Crippen LogP) is 2.86. The molecule has 2 aromatic rings. The van der Waals surface area contributed by atoms with Gasteiger partial charge in [-0.15, -0.1) is 0 Å². The molecule has 0 saturated carbocycles. The van der Waals surface area contributed by atoms with Gasteiger partial charge in [0.15, 0.2) is 5.69 Å². The fraction of sp³-hybridized carbons (Fsp3) is 0.545. The van der Waals surface area contributed by atoms with Crippen LogP contribution < -0.4 is 4.90 Å². The molecule has 8 nitrogen and oxygen atoms in total. The van der Waals surface area contributed by atoms with Crippen LogP contribution in [0, 0.1) is 0 Å². The molecule has 4 rings (SSSR count). The van der Waals surface area contributed by atoms with Gasteiger partial charge < -0.3 is 15.1 Å². The lowest BCUT2D eigenvalue weighted by Crippen LogP contribution is -2.48. The maximum atomic E-state index is 13.3. The number of hydrogen-bond donors (Lipinski definition) is 2. The van der Waals surface area contributed by atoms with Crippen molar-refractivity contribution < 1.29 is 28.2 Å². The number of carboxylic acids is 1. The number of aliphatic hydroxyl groups is 1. The summed E-state index contributed by atoms with van der Waals surface area (Å²) in [5, 5.41) is 23.4. The van der Waals surface area contributed by atoms with Crippen molar-refractivity contribution in [1.29, 1.82) is 0 Å². The second-order valence-corrected chi connectivity index (χ2v) is 8.67. The highest BCUT2D eigenvalue weighted by Crippen LogP contribution is 2.36. The number of carbonyl (C=O) groups is 1. The highest BCUT2D eigenvalue weighted by Gasteiger charge is 2.33. The molecular formula is C22H28F3N5O3. The van der Waals surface area contributed by atoms with Gasteiger partial charge in [-0.2, -0.15) is 18.3 Å². The summed E-state index contributed by atoms with van der Waals surface area (Å²) in [6.45, 7) is 5.56. The number of piperazine rings is 1. The van der Waals surface area contributed by atoms with Gasteiger partial charge in [-0.25, -0.2) is 9.48 Å². The number of anilines is 1. The first-order chi connectivity index (χ1) is 15.6. The summed E-state index contributed by atoms with van der Waals surface area (Å²) < 4.78 is 41.3. The van der Waals surface area contributed by atoms with Crippen LogP contribution in [0.2, 0.25) is 0 Å². The third-order valence-corrected chi connectivity index (χ3v) is 6.47. The number of carboxylic acid groups (broad SMARTS) is 1. The molecule has 2 aliphatic heterocycles. The van der Waals surface area contributed by atoms with Crippen LogP contribution in [0.5, 0.6) is 0 Å². The van der Waals surface area contributed by atoms with Crippen molar-refractivity contribution in [3.05, 3.63) is 47.3 Å². The van der Waals surface area contributed by atoms with E-state index in [0.29, 0.717) is 38.4 Å². The summed E-state index contributed by atoms with van der Waals surface area (Å²) in [7, 11) is 0. The summed E-state index contributed by atoms with van der Waals surface area (Å²) in [6, 6.07) is 5.53. The Kier molecular flexibility index (Phi) is 6.64. The summed E-state index contributed by atoms with van der Waals surface area (Å²) in [5.41, 5.74) is 0.742. The zero-order chi connectivity index (χ0) is 23.8. The van der Waals surface area contributed by atoms with E-state index in [4.69, 9.17) is 5.11 Å². The monoisotopic (exact) mass is 467 g/mol. The Bertz CT molecular complexity index is 988. The molecule has 1 unspecified atom stereocenters. The van der Waals surface area contributed by atoms with Crippen molar-refractivity contribution in [2.45, 2.75) is 44.9 Å². The average Bonchev–Trinajstić information content (AvgIpc) is 3.43. The van der Waals surface area contributed by atoms with E-state index in [1.165, 1.54) is 23.0 Å². The van der Waals surface area contributed by atoms with Gasteiger partial charge in [-0.3, -0.25) is 9.80 Å². The summed E-state index contributed by atoms with van der Waals surface area (Å²) in [4.78, 5) is 17.0. The van der Waals surface area contributed by atoms with Crippen LogP contribution in [0.15, 0.2) is 30.5 Å². The highest BCUT2D eigenvalue weighted by atomic mass is 19.4. The van der Waals surface area contributed by atoms with Crippen LogP contribution in [0.25, 0.3) is 0 Å². The number of alkyl halides is 3. The quantitative estimate of drug-likeness (QED) is 0.676. The van der Waals surface area contributed by atoms with E-state index in [2.05, 4.69) is 14.9 Å². The number of aliphatic hydroxyl groups excluding tert-OH is 1. The molecule has 2 fully saturated rings. The third-order valence-electron chi connectivity index (χ3n) is 6.47. The average molecular weight is 467 g/mol. The molecule has 0 spiro atoms. The summed E-state index contributed by atoms with van der Waals surface area (Å²) >= 11 is 0. The van der Waals surface area contributed by atoms with Crippen LogP contribution in [0.4, 0.5) is 18.9 Å². The fourth-order valence-electron chi connectivity index (χ4n) is 4.57. The first-order valence-corrected chi connectivity index (χ1v) is 11.0. The third kappa shape index (κ3) is 5.15. The molecule has 1 aromatic carbocycles. The zero-order valence-electron chi connectivity index (χ0n) is 18.4. The molecule has 2 atom stereocenters. The first kappa shape index (κ1) is 23.5. The standard InChI is InChI=1S/C22H28F3N5O3/c1-15-3-2-7-29(15)19-13-17(22(23,24)25)5-4-16(19)14-27-9-11-28(12-10-27)21(33)30-8-6-18(26-30)20(31)32/h4-6,8,13,15,21,33H,2-3,7,9-12,14H2,1H3,(H,31,32)/t15-,21?/m1/s1. The van der Waals surface area contributed by atoms with E-state index in [0.717, 1.165) is 31.0 Å². The number of nitrogens with zero attached hydrogens (tertiary/aromatic N) is 5. The second kappa shape index (κ2) is 9.32. The van der Waals surface area contributed by atoms with E-state index >= 15 is 0 Å². The molecule has 0 radical (unpaired) electrons. The van der Waals surface area contributed by atoms with Crippen LogP contribution in [-0.4, -0.2) is 74.5 Å². The van der Waals surface area contributed by atoms with Crippen molar-refractivity contribution in [3.8, 4) is 0 Å². The largest absolute Gasteiger partial charge is 0.476 e. The van der Waals surface area contributed by atoms with E-state index in [1.54, 1.807) is 11.0 Å². The summed E-state index contributed by atoms with van der Waals surface area (Å²) in [5.74, 6) is -1.16. The van der Waals surface area contributed by atoms with Crippen molar-refractivity contribution >= 4 is 11.7 Å². The molecule has 2 N–H and O–H groups in total. The number of rotatable bonds is 6. The van der Waals surface area contributed by atoms with Crippen LogP contribution in [-0.2, 0) is 12.7 Å². The number of hydrogen-bond acceptors (Lipinski definition) is 6. The van der Waals surface area contributed by atoms with Crippen LogP contribution >= 0.6 is 0 Å². The normalized spacial score (nSPS) is 21.5. The molecule has 0 aliphatic carbocycles. The number of aromatic carboxylic acids is 1. The Morgan fingerprint density at radius 3 is 2.48 bits per heavy atom. The molecule has 0 amide bonds. The number of aromatic nitrogens is 2. The molecular weight excluding hydrogens is 439 g/mol. The molecule has 2 saturated heterocycles. The maximum absolute atomic E-state index is 13.3. The molecule has 1 aromatic heterocycles. The van der Waals surface area contributed by atoms with Crippen molar-refractivity contribution in [2.24, 2.45) is 0 Å². The maximum Gasteiger partial charge on any atom is 0.416 e. The molecule has 2 aliphatic rings. The lowest BCUT2D eigenvalue weighted by atomic mass is 10.1. The van der Waals surface area contributed by atoms with Crippen molar-refractivity contribution in [2.75, 3.05) is 37.6 Å². The zero-order valence-corrected chi connectivity index (χ0v) is 18.4. The minimum Gasteiger partial charge on any atom is -0.476 e. The fourth-order valence-corrected chi connectivity index (χ4v) is 4.57. The molecule has 180 valence electrons. The Labute approximate surface area is 189 Å². The smallest absolute Gasteiger partial charge is 0.416 e. The molecule has 11 heteroatoms. The minimum absolute atomic E-state index is 0.140. The SMILES string of the molecule is C[C@@H]1CCCN1c1cc(C(F)(F)F)ccc1CN1CCN(C(O)n2ccc(C(=O)O)n2)CC1. The van der Waals surface area contributed by atoms with Crippen molar-refractivity contribution in [3.63, 3.8) is 0 Å². The lowest BCUT2D eigenvalue weighted by molar-refractivity contribution is -0.137. The second-order valence-electron chi connectivity index (χ2n) is 8.67. The van der Waals surface area contributed by atoms with E-state index in [1.807, 2.05) is 6.92 Å². The van der Waals surface area contributed by atoms with Gasteiger partial charge in [-0.1, -0.05) is 6.07 Å². The van der Waals surface area contributed by atoms with Crippen molar-refractivity contribution in [1.82, 2.24) is 19.6 Å². The van der Waals surface area contributed by atoms with Gasteiger partial charge in [0.05, 0.1) is 5.56 Å². The van der Waals surface area contributed by atoms with E-state index < -0.39 is 24.1 Å². The summed E-state index contributed by atoms with van der Waals surface area (Å²) in [6.07, 6.45) is -2.11. The lowest BCUT2D eigenvalue weighted by Gasteiger charge is -2.37. The van der Waals surface area contributed by atoms with Gasteiger partial charge in [-0.05, 0) is 43.5 Å². The van der Waals surface area contributed by atoms with Crippen LogP contribution in [0.3, 0.4) is 0 Å². The predicted molar refractivity (Wildman–Crippen MR) is 115 cm³/mol. The Hall–Kier alpha value is -2.63. The Morgan fingerprint density at radius 1 is 1.18 bits per heavy atom. The first-order valence-electron chi connectivity index (χ1n) is 11.0. The van der Waals surface area contributed by atoms with Gasteiger partial charge in [0, 0.05) is 57.2 Å². The molecule has 33 heavy (non-hydrogen) atoms. The van der Waals surface area contributed by atoms with E-state index in [9.17, 15) is 23.1 Å². The Balaban J connectivity index is 1.44. The Morgan fingerprint density at radius 2 is 1.91 bits per heavy atom. The molecule has 0 bridgehead atoms. The van der Waals surface area contributed by atoms with Gasteiger partial charge in [0.25, 0.3) is 0 Å². The highest BCUT2D eigenvalue weighted by molar-refractivity contribution is 5.85. The topological polar surface area (TPSA) is 85.1 Å². The van der Waals surface area contributed by atoms with Gasteiger partial charge >= 0.3 is 12.1 Å². The number of benzene rings is 1. The van der Waals surface area contributed by atoms with Crippen LogP contribution in [0.1, 0.15) is 47.7 Å². The minimum atomic E-state index is -4.38. The number of halogens is 3. The van der Waals surface area contributed by atoms with E-state index in [-0.39, 0.29) is 11.7 Å². The van der Waals surface area contributed by atoms with Gasteiger partial charge in [0.1, 0.15) is 0 Å².